The molecule has 4 aromatic rings. The topological polar surface area (TPSA) is 87.2 Å². The molecule has 1 N–H and O–H groups in total. The fourth-order valence-electron chi connectivity index (χ4n) is 4.47. The summed E-state index contributed by atoms with van der Waals surface area (Å²) in [7, 11) is 0. The number of nitrogens with zero attached hydrogens (tertiary/aromatic N) is 2. The normalized spacial score (nSPS) is 11.5. The summed E-state index contributed by atoms with van der Waals surface area (Å²) in [6.45, 7) is 16.6. The molecule has 0 fully saturated rings. The second-order valence-electron chi connectivity index (χ2n) is 10.8. The lowest BCUT2D eigenvalue weighted by Crippen LogP contribution is -2.24. The van der Waals surface area contributed by atoms with Crippen molar-refractivity contribution in [2.45, 2.75) is 60.2 Å². The summed E-state index contributed by atoms with van der Waals surface area (Å²) < 4.78 is 25.8. The van der Waals surface area contributed by atoms with Crippen LogP contribution in [0.5, 0.6) is 17.2 Å². The summed E-state index contributed by atoms with van der Waals surface area (Å²) >= 11 is 0. The van der Waals surface area contributed by atoms with Gasteiger partial charge in [-0.25, -0.2) is 5.43 Å². The van der Waals surface area contributed by atoms with Gasteiger partial charge in [0.15, 0.2) is 17.3 Å². The average Bonchev–Trinajstić information content (AvgIpc) is 3.55. The SMILES string of the molecule is C=CCc1cc(/C=N/NC(=O)c2ccc(COc3ccc(-n4c(C)ccc4C)cc3)o2)cc(OCC)c1OC(C)(C)C. The quantitative estimate of drug-likeness (QED) is 0.110. The first-order chi connectivity index (χ1) is 20.1. The van der Waals surface area contributed by atoms with E-state index in [9.17, 15) is 4.79 Å². The summed E-state index contributed by atoms with van der Waals surface area (Å²) in [4.78, 5) is 12.7. The van der Waals surface area contributed by atoms with Gasteiger partial charge in [0.25, 0.3) is 0 Å². The lowest BCUT2D eigenvalue weighted by Gasteiger charge is -2.25. The number of furan rings is 1. The van der Waals surface area contributed by atoms with Crippen LogP contribution in [-0.4, -0.2) is 28.9 Å². The Morgan fingerprint density at radius 1 is 1.02 bits per heavy atom. The van der Waals surface area contributed by atoms with Gasteiger partial charge in [-0.1, -0.05) is 6.08 Å². The average molecular weight is 570 g/mol. The van der Waals surface area contributed by atoms with E-state index in [1.165, 1.54) is 11.4 Å². The van der Waals surface area contributed by atoms with Gasteiger partial charge in [0.05, 0.1) is 12.8 Å². The van der Waals surface area contributed by atoms with Crippen molar-refractivity contribution in [3.05, 3.63) is 107 Å². The third-order valence-electron chi connectivity index (χ3n) is 6.24. The molecule has 0 aliphatic rings. The number of nitrogens with one attached hydrogen (secondary N) is 1. The molecule has 2 aromatic carbocycles. The maximum atomic E-state index is 12.7. The lowest BCUT2D eigenvalue weighted by atomic mass is 10.0. The number of hydrogen-bond acceptors (Lipinski definition) is 6. The van der Waals surface area contributed by atoms with Crippen molar-refractivity contribution in [2.24, 2.45) is 5.10 Å². The molecule has 42 heavy (non-hydrogen) atoms. The predicted octanol–water partition coefficient (Wildman–Crippen LogP) is 7.33. The van der Waals surface area contributed by atoms with E-state index in [0.717, 1.165) is 16.8 Å². The van der Waals surface area contributed by atoms with Crippen LogP contribution in [0.15, 0.2) is 82.8 Å². The number of hydrogen-bond donors (Lipinski definition) is 1. The number of rotatable bonds is 12. The Balaban J connectivity index is 1.37. The van der Waals surface area contributed by atoms with E-state index in [2.05, 4.69) is 47.7 Å². The molecule has 8 nitrogen and oxygen atoms in total. The van der Waals surface area contributed by atoms with E-state index in [1.54, 1.807) is 18.3 Å². The number of carbonyl (C=O) groups excluding carboxylic acids is 1. The van der Waals surface area contributed by atoms with Gasteiger partial charge in [0.1, 0.15) is 23.7 Å². The Morgan fingerprint density at radius 2 is 1.74 bits per heavy atom. The zero-order valence-electron chi connectivity index (χ0n) is 25.2. The Hall–Kier alpha value is -4.72. The largest absolute Gasteiger partial charge is 0.490 e. The van der Waals surface area contributed by atoms with Crippen LogP contribution in [0.3, 0.4) is 0 Å². The number of benzene rings is 2. The third kappa shape index (κ3) is 7.72. The molecular formula is C34H39N3O5. The smallest absolute Gasteiger partial charge is 0.307 e. The molecule has 0 unspecified atom stereocenters. The zero-order valence-corrected chi connectivity index (χ0v) is 25.2. The Kier molecular flexibility index (Phi) is 9.57. The van der Waals surface area contributed by atoms with Gasteiger partial charge in [0.2, 0.25) is 0 Å². The number of ether oxygens (including phenoxy) is 3. The number of amides is 1. The predicted molar refractivity (Wildman–Crippen MR) is 165 cm³/mol. The summed E-state index contributed by atoms with van der Waals surface area (Å²) in [5.41, 5.74) is 7.19. The van der Waals surface area contributed by atoms with Crippen LogP contribution in [-0.2, 0) is 13.0 Å². The summed E-state index contributed by atoms with van der Waals surface area (Å²) in [6, 6.07) is 19.1. The van der Waals surface area contributed by atoms with Crippen LogP contribution in [0, 0.1) is 13.8 Å². The Bertz CT molecular complexity index is 1540. The van der Waals surface area contributed by atoms with Gasteiger partial charge in [-0.05, 0) is 114 Å². The minimum atomic E-state index is -0.469. The molecule has 1 amide bonds. The van der Waals surface area contributed by atoms with E-state index in [4.69, 9.17) is 18.6 Å². The minimum absolute atomic E-state index is 0.135. The van der Waals surface area contributed by atoms with Crippen molar-refractivity contribution in [2.75, 3.05) is 6.61 Å². The van der Waals surface area contributed by atoms with Crippen molar-refractivity contribution in [1.82, 2.24) is 9.99 Å². The van der Waals surface area contributed by atoms with Crippen LogP contribution in [0.4, 0.5) is 0 Å². The van der Waals surface area contributed by atoms with E-state index in [-0.39, 0.29) is 12.4 Å². The summed E-state index contributed by atoms with van der Waals surface area (Å²) in [5, 5.41) is 4.13. The molecular weight excluding hydrogens is 530 g/mol. The fourth-order valence-corrected chi connectivity index (χ4v) is 4.47. The Morgan fingerprint density at radius 3 is 2.38 bits per heavy atom. The van der Waals surface area contributed by atoms with Crippen molar-refractivity contribution in [3.8, 4) is 22.9 Å². The second-order valence-corrected chi connectivity index (χ2v) is 10.8. The molecule has 0 radical (unpaired) electrons. The molecule has 220 valence electrons. The van der Waals surface area contributed by atoms with Gasteiger partial charge in [0, 0.05) is 22.6 Å². The van der Waals surface area contributed by atoms with Crippen LogP contribution in [0.25, 0.3) is 5.69 Å². The Labute approximate surface area is 247 Å². The first-order valence-corrected chi connectivity index (χ1v) is 14.0. The molecule has 2 heterocycles. The lowest BCUT2D eigenvalue weighted by molar-refractivity contribution is 0.0923. The van der Waals surface area contributed by atoms with E-state index in [0.29, 0.717) is 36.0 Å². The van der Waals surface area contributed by atoms with Crippen LogP contribution in [0.2, 0.25) is 0 Å². The molecule has 0 aliphatic carbocycles. The second kappa shape index (κ2) is 13.3. The highest BCUT2D eigenvalue weighted by atomic mass is 16.5. The fraction of sp³-hybridized carbons (Fsp3) is 0.294. The third-order valence-corrected chi connectivity index (χ3v) is 6.24. The van der Waals surface area contributed by atoms with Crippen LogP contribution < -0.4 is 19.6 Å². The minimum Gasteiger partial charge on any atom is -0.490 e. The maximum absolute atomic E-state index is 12.7. The van der Waals surface area contributed by atoms with Crippen molar-refractivity contribution < 1.29 is 23.4 Å². The van der Waals surface area contributed by atoms with Gasteiger partial charge >= 0.3 is 5.91 Å². The number of hydrazone groups is 1. The molecule has 0 atom stereocenters. The molecule has 0 aliphatic heterocycles. The monoisotopic (exact) mass is 569 g/mol. The number of allylic oxidation sites excluding steroid dienone is 1. The van der Waals surface area contributed by atoms with Crippen LogP contribution in [0.1, 0.15) is 66.5 Å². The summed E-state index contributed by atoms with van der Waals surface area (Å²) in [5.74, 6) is 2.18. The van der Waals surface area contributed by atoms with Crippen LogP contribution >= 0.6 is 0 Å². The van der Waals surface area contributed by atoms with Gasteiger partial charge < -0.3 is 23.2 Å². The highest BCUT2D eigenvalue weighted by Crippen LogP contribution is 2.36. The number of aromatic nitrogens is 1. The van der Waals surface area contributed by atoms with Crippen molar-refractivity contribution in [1.29, 1.82) is 0 Å². The highest BCUT2D eigenvalue weighted by molar-refractivity contribution is 5.92. The number of aryl methyl sites for hydroxylation is 2. The highest BCUT2D eigenvalue weighted by Gasteiger charge is 2.20. The molecule has 0 bridgehead atoms. The van der Waals surface area contributed by atoms with Gasteiger partial charge in [-0.15, -0.1) is 6.58 Å². The zero-order chi connectivity index (χ0) is 30.3. The standard InChI is InChI=1S/C34H39N3O5/c1-8-10-26-19-25(20-31(39-9-2)32(26)42-34(5,6)7)21-35-36-33(38)30-18-17-29(41-30)22-40-28-15-13-27(14-16-28)37-23(3)11-12-24(37)4/h8,11-21H,1,9-10,22H2,2-7H3,(H,36,38)/b35-21+. The molecule has 0 saturated carbocycles. The van der Waals surface area contributed by atoms with Gasteiger partial charge in [-0.2, -0.15) is 5.10 Å². The summed E-state index contributed by atoms with van der Waals surface area (Å²) in [6.07, 6.45) is 3.95. The van der Waals surface area contributed by atoms with Gasteiger partial charge in [-0.3, -0.25) is 4.79 Å². The first-order valence-electron chi connectivity index (χ1n) is 14.0. The van der Waals surface area contributed by atoms with E-state index < -0.39 is 11.5 Å². The molecule has 0 saturated heterocycles. The maximum Gasteiger partial charge on any atom is 0.307 e. The number of carbonyl (C=O) groups is 1. The molecule has 2 aromatic heterocycles. The molecule has 8 heteroatoms. The van der Waals surface area contributed by atoms with E-state index in [1.807, 2.05) is 70.2 Å². The first kappa shape index (κ1) is 30.2. The van der Waals surface area contributed by atoms with Crippen molar-refractivity contribution in [3.63, 3.8) is 0 Å². The molecule has 0 spiro atoms. The molecule has 4 rings (SSSR count). The van der Waals surface area contributed by atoms with Crippen molar-refractivity contribution >= 4 is 12.1 Å². The van der Waals surface area contributed by atoms with E-state index >= 15 is 0 Å².